The first kappa shape index (κ1) is 8.61. The number of fused-ring (bicyclic) bond motifs is 3. The van der Waals surface area contributed by atoms with Crippen molar-refractivity contribution in [3.8, 4) is 6.07 Å². The molecule has 1 N–H and O–H groups in total. The molecule has 0 amide bonds. The van der Waals surface area contributed by atoms with Crippen LogP contribution < -0.4 is 5.56 Å². The van der Waals surface area contributed by atoms with Gasteiger partial charge in [0, 0.05) is 0 Å². The summed E-state index contributed by atoms with van der Waals surface area (Å²) in [6, 6.07) is 8.94. The van der Waals surface area contributed by atoms with Gasteiger partial charge in [-0.1, -0.05) is 12.1 Å². The van der Waals surface area contributed by atoms with Gasteiger partial charge in [0.05, 0.1) is 11.0 Å². The van der Waals surface area contributed by atoms with Gasteiger partial charge in [0.1, 0.15) is 6.07 Å². The lowest BCUT2D eigenvalue weighted by Gasteiger charge is -1.93. The SMILES string of the molecule is N#Cc1n[nH]c2nc3ccccc3n2c1=O. The van der Waals surface area contributed by atoms with E-state index in [0.29, 0.717) is 16.8 Å². The zero-order valence-corrected chi connectivity index (χ0v) is 8.01. The fourth-order valence-electron chi connectivity index (χ4n) is 1.64. The third-order valence-corrected chi connectivity index (χ3v) is 2.34. The summed E-state index contributed by atoms with van der Waals surface area (Å²) >= 11 is 0. The summed E-state index contributed by atoms with van der Waals surface area (Å²) in [6.07, 6.45) is 0. The summed E-state index contributed by atoms with van der Waals surface area (Å²) < 4.78 is 1.35. The van der Waals surface area contributed by atoms with Crippen LogP contribution in [0.25, 0.3) is 16.8 Å². The van der Waals surface area contributed by atoms with Crippen molar-refractivity contribution in [3.05, 3.63) is 40.3 Å². The Hall–Kier alpha value is -2.68. The highest BCUT2D eigenvalue weighted by Gasteiger charge is 2.10. The topological polar surface area (TPSA) is 86.8 Å². The maximum atomic E-state index is 11.9. The standard InChI is InChI=1S/C10H5N5O/c11-5-7-9(16)15-8-4-2-1-3-6(8)12-10(15)14-13-7/h1-4H,(H,12,14). The number of nitrogens with one attached hydrogen (secondary N) is 1. The van der Waals surface area contributed by atoms with Crippen molar-refractivity contribution in [2.45, 2.75) is 0 Å². The summed E-state index contributed by atoms with van der Waals surface area (Å²) in [6.45, 7) is 0. The van der Waals surface area contributed by atoms with E-state index in [4.69, 9.17) is 5.26 Å². The monoisotopic (exact) mass is 211 g/mol. The molecule has 16 heavy (non-hydrogen) atoms. The average Bonchev–Trinajstić information content (AvgIpc) is 2.68. The number of benzene rings is 1. The van der Waals surface area contributed by atoms with Gasteiger partial charge < -0.3 is 0 Å². The molecule has 1 aromatic carbocycles. The number of hydrogen-bond acceptors (Lipinski definition) is 4. The van der Waals surface area contributed by atoms with Crippen molar-refractivity contribution in [1.82, 2.24) is 19.6 Å². The van der Waals surface area contributed by atoms with Crippen molar-refractivity contribution in [2.24, 2.45) is 0 Å². The number of rotatable bonds is 0. The van der Waals surface area contributed by atoms with Gasteiger partial charge in [0.25, 0.3) is 5.56 Å². The predicted octanol–water partition coefficient (Wildman–Crippen LogP) is 0.442. The summed E-state index contributed by atoms with van der Waals surface area (Å²) in [7, 11) is 0. The van der Waals surface area contributed by atoms with Gasteiger partial charge in [-0.15, -0.1) is 0 Å². The summed E-state index contributed by atoms with van der Waals surface area (Å²) in [4.78, 5) is 16.0. The largest absolute Gasteiger partial charge is 0.296 e. The number of H-pyrrole nitrogens is 1. The number of nitriles is 1. The Morgan fingerprint density at radius 1 is 1.38 bits per heavy atom. The van der Waals surface area contributed by atoms with Gasteiger partial charge in [-0.25, -0.2) is 14.5 Å². The van der Waals surface area contributed by atoms with E-state index in [0.717, 1.165) is 0 Å². The van der Waals surface area contributed by atoms with Crippen LogP contribution >= 0.6 is 0 Å². The van der Waals surface area contributed by atoms with Gasteiger partial charge >= 0.3 is 0 Å². The van der Waals surface area contributed by atoms with Gasteiger partial charge in [0.2, 0.25) is 11.5 Å². The van der Waals surface area contributed by atoms with E-state index in [1.807, 2.05) is 12.1 Å². The van der Waals surface area contributed by atoms with Crippen LogP contribution in [0.2, 0.25) is 0 Å². The Balaban J connectivity index is 2.65. The Labute approximate surface area is 88.8 Å². The summed E-state index contributed by atoms with van der Waals surface area (Å²) in [5.74, 6) is 0.338. The molecular weight excluding hydrogens is 206 g/mol. The van der Waals surface area contributed by atoms with Crippen molar-refractivity contribution < 1.29 is 0 Å². The lowest BCUT2D eigenvalue weighted by Crippen LogP contribution is -2.18. The van der Waals surface area contributed by atoms with E-state index in [-0.39, 0.29) is 5.69 Å². The quantitative estimate of drug-likeness (QED) is 0.584. The van der Waals surface area contributed by atoms with Gasteiger partial charge in [-0.05, 0) is 12.1 Å². The molecule has 0 spiro atoms. The van der Waals surface area contributed by atoms with Crippen LogP contribution in [0.1, 0.15) is 5.69 Å². The molecule has 3 aromatic rings. The minimum Gasteiger partial charge on any atom is -0.265 e. The number of para-hydroxylation sites is 2. The minimum atomic E-state index is -0.454. The Morgan fingerprint density at radius 3 is 3.00 bits per heavy atom. The van der Waals surface area contributed by atoms with Crippen LogP contribution in [0.15, 0.2) is 29.1 Å². The van der Waals surface area contributed by atoms with Crippen LogP contribution in [-0.4, -0.2) is 19.6 Å². The molecule has 0 atom stereocenters. The van der Waals surface area contributed by atoms with E-state index in [2.05, 4.69) is 15.2 Å². The van der Waals surface area contributed by atoms with Gasteiger partial charge in [-0.3, -0.25) is 4.79 Å². The van der Waals surface area contributed by atoms with Crippen molar-refractivity contribution in [3.63, 3.8) is 0 Å². The first-order chi connectivity index (χ1) is 7.81. The molecule has 0 unspecified atom stereocenters. The third-order valence-electron chi connectivity index (χ3n) is 2.34. The van der Waals surface area contributed by atoms with E-state index in [1.54, 1.807) is 18.2 Å². The first-order valence-corrected chi connectivity index (χ1v) is 4.57. The molecular formula is C10H5N5O. The predicted molar refractivity (Wildman–Crippen MR) is 55.8 cm³/mol. The zero-order valence-electron chi connectivity index (χ0n) is 8.01. The Bertz CT molecular complexity index is 792. The van der Waals surface area contributed by atoms with Crippen molar-refractivity contribution >= 4 is 16.8 Å². The normalized spacial score (nSPS) is 10.7. The smallest absolute Gasteiger partial charge is 0.265 e. The van der Waals surface area contributed by atoms with Gasteiger partial charge in [-0.2, -0.15) is 10.4 Å². The molecule has 0 saturated heterocycles. The number of imidazole rings is 1. The van der Waals surface area contributed by atoms with Crippen LogP contribution in [0.5, 0.6) is 0 Å². The molecule has 76 valence electrons. The molecule has 3 rings (SSSR count). The van der Waals surface area contributed by atoms with Crippen LogP contribution in [0.4, 0.5) is 0 Å². The molecule has 0 aliphatic carbocycles. The average molecular weight is 211 g/mol. The maximum absolute atomic E-state index is 11.9. The van der Waals surface area contributed by atoms with E-state index < -0.39 is 5.56 Å². The fraction of sp³-hybridized carbons (Fsp3) is 0. The highest BCUT2D eigenvalue weighted by molar-refractivity contribution is 5.79. The lowest BCUT2D eigenvalue weighted by atomic mass is 10.3. The molecule has 0 bridgehead atoms. The summed E-state index contributed by atoms with van der Waals surface area (Å²) in [5, 5.41) is 14.9. The fourth-order valence-corrected chi connectivity index (χ4v) is 1.64. The van der Waals surface area contributed by atoms with Crippen LogP contribution in [0, 0.1) is 11.3 Å². The first-order valence-electron chi connectivity index (χ1n) is 4.57. The molecule has 0 aliphatic rings. The second-order valence-electron chi connectivity index (χ2n) is 3.25. The molecule has 6 nitrogen and oxygen atoms in total. The maximum Gasteiger partial charge on any atom is 0.296 e. The number of nitrogens with zero attached hydrogens (tertiary/aromatic N) is 4. The third kappa shape index (κ3) is 0.966. The second-order valence-corrected chi connectivity index (χ2v) is 3.25. The van der Waals surface area contributed by atoms with Crippen LogP contribution in [-0.2, 0) is 0 Å². The van der Waals surface area contributed by atoms with Crippen LogP contribution in [0.3, 0.4) is 0 Å². The van der Waals surface area contributed by atoms with E-state index in [1.165, 1.54) is 4.40 Å². The van der Waals surface area contributed by atoms with Crippen molar-refractivity contribution in [2.75, 3.05) is 0 Å². The number of hydrogen-bond donors (Lipinski definition) is 1. The highest BCUT2D eigenvalue weighted by Crippen LogP contribution is 2.11. The molecule has 0 fully saturated rings. The molecule has 2 aromatic heterocycles. The molecule has 6 heteroatoms. The van der Waals surface area contributed by atoms with E-state index >= 15 is 0 Å². The Kier molecular flexibility index (Phi) is 1.56. The number of aromatic amines is 1. The van der Waals surface area contributed by atoms with Crippen molar-refractivity contribution in [1.29, 1.82) is 5.26 Å². The Morgan fingerprint density at radius 2 is 2.19 bits per heavy atom. The molecule has 0 aliphatic heterocycles. The summed E-state index contributed by atoms with van der Waals surface area (Å²) in [5.41, 5.74) is 0.728. The zero-order chi connectivity index (χ0) is 11.1. The number of aromatic nitrogens is 4. The molecule has 0 saturated carbocycles. The van der Waals surface area contributed by atoms with Gasteiger partial charge in [0.15, 0.2) is 0 Å². The minimum absolute atomic E-state index is 0.171. The molecule has 0 radical (unpaired) electrons. The second kappa shape index (κ2) is 2.90. The lowest BCUT2D eigenvalue weighted by molar-refractivity contribution is 0.926. The molecule has 2 heterocycles. The highest BCUT2D eigenvalue weighted by atomic mass is 16.1. The van der Waals surface area contributed by atoms with E-state index in [9.17, 15) is 4.79 Å².